The fraction of sp³-hybridized carbons (Fsp3) is 0.455. The van der Waals surface area contributed by atoms with Crippen LogP contribution < -0.4 is 0 Å². The van der Waals surface area contributed by atoms with E-state index in [1.807, 2.05) is 12.1 Å². The lowest BCUT2D eigenvalue weighted by atomic mass is 10.2. The quantitative estimate of drug-likeness (QED) is 0.742. The van der Waals surface area contributed by atoms with Crippen LogP contribution in [0.4, 0.5) is 0 Å². The average molecular weight is 195 g/mol. The van der Waals surface area contributed by atoms with Crippen molar-refractivity contribution >= 4 is 0 Å². The highest BCUT2D eigenvalue weighted by atomic mass is 16.3. The number of aliphatic hydroxyl groups is 1. The van der Waals surface area contributed by atoms with Crippen LogP contribution in [0.1, 0.15) is 12.5 Å². The summed E-state index contributed by atoms with van der Waals surface area (Å²) in [6, 6.07) is 7.21. The summed E-state index contributed by atoms with van der Waals surface area (Å²) in [6.45, 7) is 4.57. The van der Waals surface area contributed by atoms with Crippen molar-refractivity contribution < 1.29 is 10.2 Å². The highest BCUT2D eigenvalue weighted by Gasteiger charge is 2.02. The molecular weight excluding hydrogens is 178 g/mol. The first-order chi connectivity index (χ1) is 6.76. The highest BCUT2D eigenvalue weighted by molar-refractivity contribution is 5.26. The number of benzene rings is 1. The van der Waals surface area contributed by atoms with E-state index in [2.05, 4.69) is 11.8 Å². The highest BCUT2D eigenvalue weighted by Crippen LogP contribution is 2.12. The summed E-state index contributed by atoms with van der Waals surface area (Å²) in [5.74, 6) is 0.294. The Morgan fingerprint density at radius 1 is 1.36 bits per heavy atom. The fourth-order valence-corrected chi connectivity index (χ4v) is 1.40. The van der Waals surface area contributed by atoms with E-state index in [9.17, 15) is 5.11 Å². The topological polar surface area (TPSA) is 43.7 Å². The molecule has 0 heterocycles. The maximum atomic E-state index is 9.26. The molecule has 0 saturated heterocycles. The van der Waals surface area contributed by atoms with Gasteiger partial charge in [0.15, 0.2) is 0 Å². The molecule has 0 aliphatic rings. The first kappa shape index (κ1) is 11.0. The summed E-state index contributed by atoms with van der Waals surface area (Å²) in [7, 11) is 0. The number of hydrogen-bond donors (Lipinski definition) is 2. The number of nitrogens with zero attached hydrogens (tertiary/aromatic N) is 1. The van der Waals surface area contributed by atoms with Gasteiger partial charge in [-0.15, -0.1) is 0 Å². The van der Waals surface area contributed by atoms with E-state index >= 15 is 0 Å². The van der Waals surface area contributed by atoms with Crippen LogP contribution in [0.15, 0.2) is 24.3 Å². The molecule has 14 heavy (non-hydrogen) atoms. The smallest absolute Gasteiger partial charge is 0.115 e. The Morgan fingerprint density at radius 2 is 2.14 bits per heavy atom. The second kappa shape index (κ2) is 5.62. The van der Waals surface area contributed by atoms with Gasteiger partial charge >= 0.3 is 0 Å². The molecule has 0 aromatic heterocycles. The molecule has 0 unspecified atom stereocenters. The van der Waals surface area contributed by atoms with Gasteiger partial charge in [-0.2, -0.15) is 0 Å². The zero-order valence-corrected chi connectivity index (χ0v) is 8.48. The second-order valence-electron chi connectivity index (χ2n) is 3.26. The van der Waals surface area contributed by atoms with Crippen LogP contribution in [-0.2, 0) is 6.54 Å². The minimum atomic E-state index is 0.173. The van der Waals surface area contributed by atoms with E-state index in [1.165, 1.54) is 0 Å². The van der Waals surface area contributed by atoms with Gasteiger partial charge in [-0.3, -0.25) is 4.90 Å². The number of phenolic OH excluding ortho intramolecular Hbond substituents is 1. The molecule has 78 valence electrons. The largest absolute Gasteiger partial charge is 0.508 e. The van der Waals surface area contributed by atoms with Crippen LogP contribution in [0.25, 0.3) is 0 Å². The van der Waals surface area contributed by atoms with Crippen LogP contribution in [0.5, 0.6) is 5.75 Å². The van der Waals surface area contributed by atoms with Gasteiger partial charge in [-0.05, 0) is 24.2 Å². The number of phenols is 1. The molecular formula is C11H17NO2. The third kappa shape index (κ3) is 3.36. The summed E-state index contributed by atoms with van der Waals surface area (Å²) in [6.07, 6.45) is 0. The third-order valence-electron chi connectivity index (χ3n) is 2.18. The molecule has 0 atom stereocenters. The van der Waals surface area contributed by atoms with Crippen molar-refractivity contribution in [3.05, 3.63) is 29.8 Å². The van der Waals surface area contributed by atoms with Gasteiger partial charge in [-0.1, -0.05) is 19.1 Å². The number of hydrogen-bond acceptors (Lipinski definition) is 3. The monoisotopic (exact) mass is 195 g/mol. The molecule has 0 aliphatic heterocycles. The van der Waals surface area contributed by atoms with Crippen molar-refractivity contribution in [3.63, 3.8) is 0 Å². The van der Waals surface area contributed by atoms with E-state index in [0.29, 0.717) is 12.3 Å². The Morgan fingerprint density at radius 3 is 2.71 bits per heavy atom. The molecule has 0 spiro atoms. The molecule has 0 aliphatic carbocycles. The maximum absolute atomic E-state index is 9.26. The summed E-state index contributed by atoms with van der Waals surface area (Å²) >= 11 is 0. The molecule has 1 aromatic rings. The number of aromatic hydroxyl groups is 1. The Labute approximate surface area is 84.6 Å². The Kier molecular flexibility index (Phi) is 4.43. The van der Waals surface area contributed by atoms with Crippen molar-refractivity contribution in [3.8, 4) is 5.75 Å². The van der Waals surface area contributed by atoms with Gasteiger partial charge in [0.25, 0.3) is 0 Å². The molecule has 0 bridgehead atoms. The van der Waals surface area contributed by atoms with Crippen molar-refractivity contribution in [2.24, 2.45) is 0 Å². The standard InChI is InChI=1S/C11H17NO2/c1-2-12(6-7-13)9-10-4-3-5-11(14)8-10/h3-5,8,13-14H,2,6-7,9H2,1H3. The predicted octanol–water partition coefficient (Wildman–Crippen LogP) is 1.21. The summed E-state index contributed by atoms with van der Waals surface area (Å²) in [4.78, 5) is 2.12. The fourth-order valence-electron chi connectivity index (χ4n) is 1.40. The van der Waals surface area contributed by atoms with Gasteiger partial charge in [0.2, 0.25) is 0 Å². The Hall–Kier alpha value is -1.06. The van der Waals surface area contributed by atoms with E-state index in [-0.39, 0.29) is 6.61 Å². The van der Waals surface area contributed by atoms with Crippen LogP contribution in [-0.4, -0.2) is 34.8 Å². The molecule has 1 rings (SSSR count). The Balaban J connectivity index is 2.57. The average Bonchev–Trinajstić information content (AvgIpc) is 2.17. The minimum absolute atomic E-state index is 0.173. The summed E-state index contributed by atoms with van der Waals surface area (Å²) in [5.41, 5.74) is 1.07. The zero-order valence-electron chi connectivity index (χ0n) is 8.48. The molecule has 2 N–H and O–H groups in total. The summed E-state index contributed by atoms with van der Waals surface area (Å²) in [5, 5.41) is 18.1. The lowest BCUT2D eigenvalue weighted by molar-refractivity contribution is 0.196. The van der Waals surface area contributed by atoms with Gasteiger partial charge < -0.3 is 10.2 Å². The van der Waals surface area contributed by atoms with Crippen molar-refractivity contribution in [2.75, 3.05) is 19.7 Å². The van der Waals surface area contributed by atoms with Crippen molar-refractivity contribution in [1.29, 1.82) is 0 Å². The van der Waals surface area contributed by atoms with Gasteiger partial charge in [0.05, 0.1) is 6.61 Å². The number of likely N-dealkylation sites (N-methyl/N-ethyl adjacent to an activating group) is 1. The van der Waals surface area contributed by atoms with Crippen LogP contribution in [0.2, 0.25) is 0 Å². The normalized spacial score (nSPS) is 10.8. The second-order valence-corrected chi connectivity index (χ2v) is 3.26. The van der Waals surface area contributed by atoms with Gasteiger partial charge in [-0.25, -0.2) is 0 Å². The first-order valence-electron chi connectivity index (χ1n) is 4.87. The molecule has 0 amide bonds. The van der Waals surface area contributed by atoms with Crippen molar-refractivity contribution in [1.82, 2.24) is 4.90 Å². The Bertz CT molecular complexity index is 276. The van der Waals surface area contributed by atoms with Crippen LogP contribution in [0.3, 0.4) is 0 Å². The van der Waals surface area contributed by atoms with Crippen LogP contribution >= 0.6 is 0 Å². The number of rotatable bonds is 5. The molecule has 0 saturated carbocycles. The lowest BCUT2D eigenvalue weighted by Crippen LogP contribution is -2.25. The first-order valence-corrected chi connectivity index (χ1v) is 4.87. The zero-order chi connectivity index (χ0) is 10.4. The molecule has 3 heteroatoms. The predicted molar refractivity (Wildman–Crippen MR) is 56.1 cm³/mol. The van der Waals surface area contributed by atoms with E-state index in [0.717, 1.165) is 18.7 Å². The molecule has 0 fully saturated rings. The third-order valence-corrected chi connectivity index (χ3v) is 2.18. The minimum Gasteiger partial charge on any atom is -0.508 e. The van der Waals surface area contributed by atoms with Gasteiger partial charge in [0.1, 0.15) is 5.75 Å². The number of aliphatic hydroxyl groups excluding tert-OH is 1. The van der Waals surface area contributed by atoms with E-state index < -0.39 is 0 Å². The molecule has 3 nitrogen and oxygen atoms in total. The lowest BCUT2D eigenvalue weighted by Gasteiger charge is -2.18. The maximum Gasteiger partial charge on any atom is 0.115 e. The van der Waals surface area contributed by atoms with Crippen LogP contribution in [0, 0.1) is 0 Å². The van der Waals surface area contributed by atoms with E-state index in [4.69, 9.17) is 5.11 Å². The van der Waals surface area contributed by atoms with E-state index in [1.54, 1.807) is 12.1 Å². The molecule has 1 aromatic carbocycles. The van der Waals surface area contributed by atoms with Gasteiger partial charge in [0, 0.05) is 13.1 Å². The van der Waals surface area contributed by atoms with Crippen molar-refractivity contribution in [2.45, 2.75) is 13.5 Å². The molecule has 0 radical (unpaired) electrons. The summed E-state index contributed by atoms with van der Waals surface area (Å²) < 4.78 is 0. The SMILES string of the molecule is CCN(CCO)Cc1cccc(O)c1.